The number of esters is 1. The van der Waals surface area contributed by atoms with Gasteiger partial charge in [-0.2, -0.15) is 5.10 Å². The van der Waals surface area contributed by atoms with E-state index in [1.165, 1.54) is 26.5 Å². The number of hydrogen-bond donors (Lipinski definition) is 1. The molecule has 1 amide bonds. The van der Waals surface area contributed by atoms with Gasteiger partial charge in [0.05, 0.1) is 26.0 Å². The van der Waals surface area contributed by atoms with E-state index >= 15 is 0 Å². The highest BCUT2D eigenvalue weighted by Gasteiger charge is 2.16. The van der Waals surface area contributed by atoms with Crippen molar-refractivity contribution in [2.75, 3.05) is 14.2 Å². The molecule has 8 nitrogen and oxygen atoms in total. The van der Waals surface area contributed by atoms with Gasteiger partial charge in [0, 0.05) is 15.1 Å². The maximum Gasteiger partial charge on any atom is 0.343 e. The minimum Gasteiger partial charge on any atom is -0.493 e. The standard InChI is InChI=1S/C25H22BrClN2O6/c1-15(34-20-6-4-5-19(27)13-20)24(30)29-28-14-17-11-18(26)8-10-21(17)35-25(31)16-7-9-22(32-2)23(12-16)33-3/h4-15H,1-3H3,(H,29,30)/b28-14+. The van der Waals surface area contributed by atoms with Gasteiger partial charge in [-0.25, -0.2) is 10.2 Å². The van der Waals surface area contributed by atoms with Crippen molar-refractivity contribution >= 4 is 45.6 Å². The molecule has 3 rings (SSSR count). The van der Waals surface area contributed by atoms with E-state index < -0.39 is 18.0 Å². The molecule has 0 spiro atoms. The molecule has 0 fully saturated rings. The van der Waals surface area contributed by atoms with Crippen LogP contribution in [0.4, 0.5) is 0 Å². The van der Waals surface area contributed by atoms with Crippen molar-refractivity contribution in [1.82, 2.24) is 5.43 Å². The second-order valence-electron chi connectivity index (χ2n) is 7.09. The van der Waals surface area contributed by atoms with Crippen molar-refractivity contribution < 1.29 is 28.5 Å². The molecule has 0 aromatic heterocycles. The SMILES string of the molecule is COc1ccc(C(=O)Oc2ccc(Br)cc2/C=N/NC(=O)C(C)Oc2cccc(Cl)c2)cc1OC. The molecule has 182 valence electrons. The second kappa shape index (κ2) is 12.2. The number of halogens is 2. The van der Waals surface area contributed by atoms with E-state index in [-0.39, 0.29) is 11.3 Å². The van der Waals surface area contributed by atoms with Gasteiger partial charge in [-0.3, -0.25) is 4.79 Å². The Morgan fingerprint density at radius 3 is 2.46 bits per heavy atom. The van der Waals surface area contributed by atoms with Gasteiger partial charge in [0.1, 0.15) is 11.5 Å². The second-order valence-corrected chi connectivity index (χ2v) is 8.45. The van der Waals surface area contributed by atoms with E-state index in [1.54, 1.807) is 61.5 Å². The molecule has 1 unspecified atom stereocenters. The van der Waals surface area contributed by atoms with E-state index in [0.717, 1.165) is 4.47 Å². The Morgan fingerprint density at radius 1 is 1.00 bits per heavy atom. The molecule has 1 N–H and O–H groups in total. The average Bonchev–Trinajstić information content (AvgIpc) is 2.84. The number of methoxy groups -OCH3 is 2. The van der Waals surface area contributed by atoms with Crippen LogP contribution in [0.3, 0.4) is 0 Å². The number of nitrogens with zero attached hydrogens (tertiary/aromatic N) is 1. The van der Waals surface area contributed by atoms with Crippen LogP contribution in [0.15, 0.2) is 70.2 Å². The Bertz CT molecular complexity index is 1250. The van der Waals surface area contributed by atoms with Crippen LogP contribution < -0.4 is 24.4 Å². The number of carbonyl (C=O) groups excluding carboxylic acids is 2. The first-order chi connectivity index (χ1) is 16.8. The van der Waals surface area contributed by atoms with Crippen molar-refractivity contribution in [2.45, 2.75) is 13.0 Å². The van der Waals surface area contributed by atoms with E-state index in [1.807, 2.05) is 0 Å². The topological polar surface area (TPSA) is 95.5 Å². The Balaban J connectivity index is 1.69. The maximum absolute atomic E-state index is 12.7. The summed E-state index contributed by atoms with van der Waals surface area (Å²) in [4.78, 5) is 25.1. The van der Waals surface area contributed by atoms with Crippen molar-refractivity contribution in [3.63, 3.8) is 0 Å². The normalized spacial score (nSPS) is 11.6. The van der Waals surface area contributed by atoms with E-state index in [0.29, 0.717) is 27.8 Å². The highest BCUT2D eigenvalue weighted by molar-refractivity contribution is 9.10. The monoisotopic (exact) mass is 560 g/mol. The van der Waals surface area contributed by atoms with Crippen molar-refractivity contribution in [2.24, 2.45) is 5.10 Å². The molecule has 0 heterocycles. The van der Waals surface area contributed by atoms with Crippen LogP contribution in [0, 0.1) is 0 Å². The molecule has 1 atom stereocenters. The van der Waals surface area contributed by atoms with Crippen molar-refractivity contribution in [1.29, 1.82) is 0 Å². The number of ether oxygens (including phenoxy) is 4. The molecule has 0 saturated heterocycles. The van der Waals surface area contributed by atoms with Crippen LogP contribution in [0.5, 0.6) is 23.0 Å². The summed E-state index contributed by atoms with van der Waals surface area (Å²) in [6, 6.07) is 16.4. The molecule has 0 bridgehead atoms. The number of hydrogen-bond acceptors (Lipinski definition) is 7. The number of hydrazone groups is 1. The Labute approximate surface area is 215 Å². The van der Waals surface area contributed by atoms with Crippen molar-refractivity contribution in [3.8, 4) is 23.0 Å². The number of carbonyl (C=O) groups is 2. The summed E-state index contributed by atoms with van der Waals surface area (Å²) in [5.41, 5.74) is 3.14. The van der Waals surface area contributed by atoms with Crippen LogP contribution in [0.25, 0.3) is 0 Å². The van der Waals surface area contributed by atoms with Crippen LogP contribution in [0.2, 0.25) is 5.02 Å². The first kappa shape index (κ1) is 26.1. The summed E-state index contributed by atoms with van der Waals surface area (Å²) in [6.07, 6.45) is 0.543. The molecular weight excluding hydrogens is 540 g/mol. The van der Waals surface area contributed by atoms with E-state index in [4.69, 9.17) is 30.5 Å². The smallest absolute Gasteiger partial charge is 0.343 e. The first-order valence-electron chi connectivity index (χ1n) is 10.3. The van der Waals surface area contributed by atoms with Gasteiger partial charge in [0.15, 0.2) is 17.6 Å². The molecule has 35 heavy (non-hydrogen) atoms. The predicted octanol–water partition coefficient (Wildman–Crippen LogP) is 5.26. The van der Waals surface area contributed by atoms with Gasteiger partial charge in [0.25, 0.3) is 5.91 Å². The summed E-state index contributed by atoms with van der Waals surface area (Å²) in [7, 11) is 2.98. The number of benzene rings is 3. The lowest BCUT2D eigenvalue weighted by atomic mass is 10.2. The van der Waals surface area contributed by atoms with E-state index in [2.05, 4.69) is 26.5 Å². The Hall–Kier alpha value is -3.56. The third-order valence-electron chi connectivity index (χ3n) is 4.65. The van der Waals surface area contributed by atoms with Gasteiger partial charge in [-0.1, -0.05) is 33.6 Å². The molecular formula is C25H22BrClN2O6. The highest BCUT2D eigenvalue weighted by atomic mass is 79.9. The van der Waals surface area contributed by atoms with Gasteiger partial charge < -0.3 is 18.9 Å². The molecule has 3 aromatic carbocycles. The minimum absolute atomic E-state index is 0.245. The first-order valence-corrected chi connectivity index (χ1v) is 11.5. The quantitative estimate of drug-likeness (QED) is 0.166. The lowest BCUT2D eigenvalue weighted by molar-refractivity contribution is -0.127. The Morgan fingerprint density at radius 2 is 1.74 bits per heavy atom. The van der Waals surface area contributed by atoms with Gasteiger partial charge in [-0.15, -0.1) is 0 Å². The third kappa shape index (κ3) is 7.21. The lowest BCUT2D eigenvalue weighted by Gasteiger charge is -2.13. The molecule has 3 aromatic rings. The van der Waals surface area contributed by atoms with Crippen LogP contribution in [-0.4, -0.2) is 38.4 Å². The van der Waals surface area contributed by atoms with Gasteiger partial charge in [-0.05, 0) is 61.5 Å². The third-order valence-corrected chi connectivity index (χ3v) is 5.38. The van der Waals surface area contributed by atoms with Crippen molar-refractivity contribution in [3.05, 3.63) is 81.3 Å². The molecule has 0 radical (unpaired) electrons. The van der Waals surface area contributed by atoms with Gasteiger partial charge >= 0.3 is 5.97 Å². The molecule has 0 aliphatic heterocycles. The summed E-state index contributed by atoms with van der Waals surface area (Å²) in [5, 5.41) is 4.47. The summed E-state index contributed by atoms with van der Waals surface area (Å²) >= 11 is 9.31. The molecule has 0 saturated carbocycles. The zero-order chi connectivity index (χ0) is 25.4. The fourth-order valence-electron chi connectivity index (χ4n) is 2.89. The maximum atomic E-state index is 12.7. The molecule has 10 heteroatoms. The summed E-state index contributed by atoms with van der Waals surface area (Å²) in [6.45, 7) is 1.58. The summed E-state index contributed by atoms with van der Waals surface area (Å²) < 4.78 is 22.3. The zero-order valence-corrected chi connectivity index (χ0v) is 21.4. The zero-order valence-electron chi connectivity index (χ0n) is 19.1. The lowest BCUT2D eigenvalue weighted by Crippen LogP contribution is -2.33. The summed E-state index contributed by atoms with van der Waals surface area (Å²) in [5.74, 6) is 0.520. The number of amides is 1. The number of rotatable bonds is 9. The van der Waals surface area contributed by atoms with Gasteiger partial charge in [0.2, 0.25) is 0 Å². The van der Waals surface area contributed by atoms with Crippen LogP contribution in [-0.2, 0) is 4.79 Å². The minimum atomic E-state index is -0.824. The number of nitrogens with one attached hydrogen (secondary N) is 1. The largest absolute Gasteiger partial charge is 0.493 e. The molecule has 0 aliphatic rings. The fraction of sp³-hybridized carbons (Fsp3) is 0.160. The predicted molar refractivity (Wildman–Crippen MR) is 136 cm³/mol. The van der Waals surface area contributed by atoms with Crippen LogP contribution >= 0.6 is 27.5 Å². The fourth-order valence-corrected chi connectivity index (χ4v) is 3.45. The highest BCUT2D eigenvalue weighted by Crippen LogP contribution is 2.29. The average molecular weight is 562 g/mol. The van der Waals surface area contributed by atoms with E-state index in [9.17, 15) is 9.59 Å². The Kier molecular flexibility index (Phi) is 9.11. The molecule has 0 aliphatic carbocycles. The van der Waals surface area contributed by atoms with Crippen LogP contribution in [0.1, 0.15) is 22.8 Å².